The zero-order chi connectivity index (χ0) is 16.9. The number of hydrogen-bond donors (Lipinski definition) is 0. The van der Waals surface area contributed by atoms with Crippen LogP contribution in [0.25, 0.3) is 0 Å². The zero-order valence-corrected chi connectivity index (χ0v) is 14.6. The van der Waals surface area contributed by atoms with Crippen LogP contribution in [0.15, 0.2) is 28.1 Å². The van der Waals surface area contributed by atoms with Crippen LogP contribution in [0.2, 0.25) is 0 Å². The molecule has 0 aliphatic carbocycles. The Kier molecular flexibility index (Phi) is 5.30. The highest BCUT2D eigenvalue weighted by molar-refractivity contribution is 7.10. The Balaban J connectivity index is 1.52. The van der Waals surface area contributed by atoms with Crippen molar-refractivity contribution in [2.75, 3.05) is 26.2 Å². The highest BCUT2D eigenvalue weighted by Crippen LogP contribution is 2.13. The molecule has 2 aromatic heterocycles. The van der Waals surface area contributed by atoms with Gasteiger partial charge in [-0.25, -0.2) is 0 Å². The van der Waals surface area contributed by atoms with E-state index < -0.39 is 0 Å². The third kappa shape index (κ3) is 4.23. The van der Waals surface area contributed by atoms with E-state index in [1.54, 1.807) is 17.4 Å². The van der Waals surface area contributed by atoms with Crippen LogP contribution in [0.5, 0.6) is 0 Å². The van der Waals surface area contributed by atoms with Crippen LogP contribution < -0.4 is 0 Å². The molecule has 0 N–H and O–H groups in total. The van der Waals surface area contributed by atoms with Crippen molar-refractivity contribution in [3.05, 3.63) is 39.9 Å². The average Bonchev–Trinajstić information content (AvgIpc) is 3.12. The highest BCUT2D eigenvalue weighted by atomic mass is 32.1. The van der Waals surface area contributed by atoms with Crippen LogP contribution in [-0.2, 0) is 22.4 Å². The summed E-state index contributed by atoms with van der Waals surface area (Å²) in [5, 5.41) is 5.79. The van der Waals surface area contributed by atoms with Crippen LogP contribution in [0.1, 0.15) is 22.8 Å². The van der Waals surface area contributed by atoms with Crippen molar-refractivity contribution in [3.63, 3.8) is 0 Å². The van der Waals surface area contributed by atoms with Gasteiger partial charge in [0, 0.05) is 37.1 Å². The summed E-state index contributed by atoms with van der Waals surface area (Å²) in [6, 6.07) is 5.73. The molecular formula is C17H21N3O3S. The topological polar surface area (TPSA) is 66.7 Å². The van der Waals surface area contributed by atoms with Gasteiger partial charge in [-0.3, -0.25) is 9.59 Å². The van der Waals surface area contributed by atoms with Gasteiger partial charge in [-0.1, -0.05) is 11.2 Å². The van der Waals surface area contributed by atoms with E-state index in [0.29, 0.717) is 38.4 Å². The summed E-state index contributed by atoms with van der Waals surface area (Å²) >= 11 is 1.60. The van der Waals surface area contributed by atoms with Crippen molar-refractivity contribution in [2.45, 2.75) is 26.2 Å². The zero-order valence-electron chi connectivity index (χ0n) is 13.7. The van der Waals surface area contributed by atoms with Crippen molar-refractivity contribution < 1.29 is 14.1 Å². The van der Waals surface area contributed by atoms with Crippen LogP contribution >= 0.6 is 11.3 Å². The Morgan fingerprint density at radius 1 is 1.17 bits per heavy atom. The molecule has 0 aromatic carbocycles. The minimum absolute atomic E-state index is 0.0266. The van der Waals surface area contributed by atoms with E-state index in [2.05, 4.69) is 5.16 Å². The maximum atomic E-state index is 12.4. The minimum Gasteiger partial charge on any atom is -0.361 e. The van der Waals surface area contributed by atoms with Crippen LogP contribution in [0.3, 0.4) is 0 Å². The van der Waals surface area contributed by atoms with Crippen molar-refractivity contribution in [2.24, 2.45) is 0 Å². The van der Waals surface area contributed by atoms with Crippen molar-refractivity contribution in [1.82, 2.24) is 15.0 Å². The van der Waals surface area contributed by atoms with E-state index in [1.165, 1.54) is 0 Å². The van der Waals surface area contributed by atoms with Crippen LogP contribution in [-0.4, -0.2) is 52.9 Å². The molecule has 1 saturated heterocycles. The van der Waals surface area contributed by atoms with Gasteiger partial charge in [0.2, 0.25) is 11.8 Å². The van der Waals surface area contributed by atoms with Gasteiger partial charge in [0.15, 0.2) is 0 Å². The largest absolute Gasteiger partial charge is 0.361 e. The molecule has 0 spiro atoms. The summed E-state index contributed by atoms with van der Waals surface area (Å²) in [5.41, 5.74) is 0.777. The number of hydrogen-bond acceptors (Lipinski definition) is 5. The van der Waals surface area contributed by atoms with Crippen LogP contribution in [0.4, 0.5) is 0 Å². The van der Waals surface area contributed by atoms with E-state index >= 15 is 0 Å². The number of nitrogens with zero attached hydrogens (tertiary/aromatic N) is 3. The molecule has 0 radical (unpaired) electrons. The Labute approximate surface area is 145 Å². The minimum atomic E-state index is 0.0266. The van der Waals surface area contributed by atoms with E-state index in [1.807, 2.05) is 34.2 Å². The van der Waals surface area contributed by atoms with Gasteiger partial charge in [-0.05, 0) is 24.8 Å². The van der Waals surface area contributed by atoms with E-state index in [-0.39, 0.29) is 18.2 Å². The molecule has 0 bridgehead atoms. The van der Waals surface area contributed by atoms with Gasteiger partial charge in [-0.2, -0.15) is 0 Å². The molecule has 128 valence electrons. The number of carbonyl (C=O) groups excluding carboxylic acids is 2. The maximum Gasteiger partial charge on any atom is 0.230 e. The van der Waals surface area contributed by atoms with E-state index in [4.69, 9.17) is 4.52 Å². The van der Waals surface area contributed by atoms with E-state index in [9.17, 15) is 9.59 Å². The third-order valence-electron chi connectivity index (χ3n) is 4.11. The first kappa shape index (κ1) is 16.7. The third-order valence-corrected chi connectivity index (χ3v) is 4.99. The molecule has 0 atom stereocenters. The predicted octanol–water partition coefficient (Wildman–Crippen LogP) is 1.89. The molecule has 0 unspecified atom stereocenters. The predicted molar refractivity (Wildman–Crippen MR) is 90.7 cm³/mol. The number of aromatic nitrogens is 1. The van der Waals surface area contributed by atoms with Crippen molar-refractivity contribution in [1.29, 1.82) is 0 Å². The molecule has 24 heavy (non-hydrogen) atoms. The van der Waals surface area contributed by atoms with Gasteiger partial charge in [0.05, 0.1) is 18.5 Å². The fourth-order valence-electron chi connectivity index (χ4n) is 2.85. The lowest BCUT2D eigenvalue weighted by Gasteiger charge is -2.22. The summed E-state index contributed by atoms with van der Waals surface area (Å²) in [5.74, 6) is 0.753. The lowest BCUT2D eigenvalue weighted by atomic mass is 10.2. The number of carbonyl (C=O) groups is 2. The fourth-order valence-corrected chi connectivity index (χ4v) is 3.55. The van der Waals surface area contributed by atoms with E-state index in [0.717, 1.165) is 17.0 Å². The summed E-state index contributed by atoms with van der Waals surface area (Å²) < 4.78 is 5.11. The molecule has 3 heterocycles. The second-order valence-corrected chi connectivity index (χ2v) is 7.01. The smallest absolute Gasteiger partial charge is 0.230 e. The Bertz CT molecular complexity index is 696. The highest BCUT2D eigenvalue weighted by Gasteiger charge is 2.23. The lowest BCUT2D eigenvalue weighted by Crippen LogP contribution is -2.38. The number of aryl methyl sites for hydroxylation is 1. The first-order chi connectivity index (χ1) is 11.6. The molecule has 1 aliphatic heterocycles. The summed E-state index contributed by atoms with van der Waals surface area (Å²) in [6.45, 7) is 4.37. The number of amides is 2. The van der Waals surface area contributed by atoms with Gasteiger partial charge < -0.3 is 14.3 Å². The quantitative estimate of drug-likeness (QED) is 0.847. The summed E-state index contributed by atoms with van der Waals surface area (Å²) in [7, 11) is 0. The molecular weight excluding hydrogens is 326 g/mol. The number of rotatable bonds is 4. The maximum absolute atomic E-state index is 12.4. The van der Waals surface area contributed by atoms with Crippen LogP contribution in [0, 0.1) is 6.92 Å². The summed E-state index contributed by atoms with van der Waals surface area (Å²) in [6.07, 6.45) is 1.48. The van der Waals surface area contributed by atoms with Gasteiger partial charge in [-0.15, -0.1) is 11.3 Å². The molecule has 7 heteroatoms. The molecule has 1 aliphatic rings. The molecule has 1 fully saturated rings. The Morgan fingerprint density at radius 2 is 1.88 bits per heavy atom. The van der Waals surface area contributed by atoms with Crippen molar-refractivity contribution in [3.8, 4) is 0 Å². The Morgan fingerprint density at radius 3 is 2.46 bits per heavy atom. The second-order valence-electron chi connectivity index (χ2n) is 5.98. The van der Waals surface area contributed by atoms with Gasteiger partial charge >= 0.3 is 0 Å². The molecule has 0 saturated carbocycles. The SMILES string of the molecule is Cc1cc(CC(=O)N2CCCN(C(=O)Cc3cccs3)CC2)on1. The molecule has 2 aromatic rings. The normalized spacial score (nSPS) is 15.4. The number of thiophene rings is 1. The van der Waals surface area contributed by atoms with Gasteiger partial charge in [0.1, 0.15) is 5.76 Å². The summed E-state index contributed by atoms with van der Waals surface area (Å²) in [4.78, 5) is 29.6. The second kappa shape index (κ2) is 7.61. The standard InChI is InChI=1S/C17H21N3O3S/c1-13-10-14(23-18-13)11-16(21)19-5-3-6-20(8-7-19)17(22)12-15-4-2-9-24-15/h2,4,9-10H,3,5-8,11-12H2,1H3. The molecule has 6 nitrogen and oxygen atoms in total. The Hall–Kier alpha value is -2.15. The molecule has 3 rings (SSSR count). The fraction of sp³-hybridized carbons (Fsp3) is 0.471. The monoisotopic (exact) mass is 347 g/mol. The average molecular weight is 347 g/mol. The van der Waals surface area contributed by atoms with Crippen molar-refractivity contribution >= 4 is 23.2 Å². The first-order valence-electron chi connectivity index (χ1n) is 8.12. The molecule has 2 amide bonds. The van der Waals surface area contributed by atoms with Gasteiger partial charge in [0.25, 0.3) is 0 Å². The lowest BCUT2D eigenvalue weighted by molar-refractivity contribution is -0.133. The first-order valence-corrected chi connectivity index (χ1v) is 9.00.